The number of carbonyl (C=O) groups is 1. The standard InChI is InChI=1S/C20H15Cl2N3OS/c21-14-5-3-13(4-6-14)18-12-17(19-2-1-11-27-19)24-25(18)20(26)23-16-9-7-15(22)8-10-16/h1-11,18H,12H2,(H,23,26). The smallest absolute Gasteiger partial charge is 0.306 e. The highest BCUT2D eigenvalue weighted by atomic mass is 35.5. The van der Waals surface area contributed by atoms with Crippen molar-refractivity contribution in [1.82, 2.24) is 5.01 Å². The van der Waals surface area contributed by atoms with E-state index in [1.54, 1.807) is 35.6 Å². The zero-order valence-corrected chi connectivity index (χ0v) is 16.4. The van der Waals surface area contributed by atoms with Gasteiger partial charge in [0, 0.05) is 22.2 Å². The second-order valence-electron chi connectivity index (χ2n) is 6.08. The number of rotatable bonds is 3. The van der Waals surface area contributed by atoms with E-state index in [0.717, 1.165) is 16.2 Å². The molecule has 2 amide bonds. The van der Waals surface area contributed by atoms with Gasteiger partial charge in [-0.15, -0.1) is 11.3 Å². The first-order valence-electron chi connectivity index (χ1n) is 8.33. The van der Waals surface area contributed by atoms with Gasteiger partial charge in [-0.3, -0.25) is 0 Å². The van der Waals surface area contributed by atoms with Crippen molar-refractivity contribution in [3.63, 3.8) is 0 Å². The Morgan fingerprint density at radius 1 is 1.04 bits per heavy atom. The third-order valence-corrected chi connectivity index (χ3v) is 5.70. The molecule has 1 atom stereocenters. The molecule has 0 saturated heterocycles. The van der Waals surface area contributed by atoms with Crippen molar-refractivity contribution in [3.05, 3.63) is 86.5 Å². The third kappa shape index (κ3) is 4.00. The number of thiophene rings is 1. The zero-order chi connectivity index (χ0) is 18.8. The quantitative estimate of drug-likeness (QED) is 0.525. The Balaban J connectivity index is 1.62. The summed E-state index contributed by atoms with van der Waals surface area (Å²) in [6.07, 6.45) is 0.649. The molecule has 3 aromatic rings. The van der Waals surface area contributed by atoms with Crippen LogP contribution in [-0.2, 0) is 0 Å². The van der Waals surface area contributed by atoms with Crippen molar-refractivity contribution in [2.45, 2.75) is 12.5 Å². The molecule has 4 nitrogen and oxygen atoms in total. The van der Waals surface area contributed by atoms with Gasteiger partial charge in [0.15, 0.2) is 0 Å². The highest BCUT2D eigenvalue weighted by molar-refractivity contribution is 7.12. The van der Waals surface area contributed by atoms with Crippen LogP contribution in [0.15, 0.2) is 71.1 Å². The van der Waals surface area contributed by atoms with Gasteiger partial charge in [-0.05, 0) is 53.4 Å². The second kappa shape index (κ2) is 7.72. The number of anilines is 1. The number of hydrogen-bond donors (Lipinski definition) is 1. The number of nitrogens with zero attached hydrogens (tertiary/aromatic N) is 2. The van der Waals surface area contributed by atoms with E-state index in [0.29, 0.717) is 22.2 Å². The number of carbonyl (C=O) groups excluding carboxylic acids is 1. The second-order valence-corrected chi connectivity index (χ2v) is 7.90. The fourth-order valence-electron chi connectivity index (χ4n) is 2.95. The Morgan fingerprint density at radius 2 is 1.70 bits per heavy atom. The van der Waals surface area contributed by atoms with Crippen LogP contribution in [0.25, 0.3) is 0 Å². The van der Waals surface area contributed by atoms with Gasteiger partial charge in [-0.1, -0.05) is 41.4 Å². The lowest BCUT2D eigenvalue weighted by atomic mass is 10.0. The van der Waals surface area contributed by atoms with E-state index in [-0.39, 0.29) is 12.1 Å². The summed E-state index contributed by atoms with van der Waals surface area (Å²) >= 11 is 13.5. The molecule has 0 spiro atoms. The highest BCUT2D eigenvalue weighted by Crippen LogP contribution is 2.34. The minimum absolute atomic E-state index is 0.188. The van der Waals surface area contributed by atoms with Gasteiger partial charge < -0.3 is 5.32 Å². The van der Waals surface area contributed by atoms with Crippen LogP contribution in [0.2, 0.25) is 10.0 Å². The fraction of sp³-hybridized carbons (Fsp3) is 0.100. The number of nitrogens with one attached hydrogen (secondary N) is 1. The molecule has 27 heavy (non-hydrogen) atoms. The van der Waals surface area contributed by atoms with Gasteiger partial charge in [-0.25, -0.2) is 9.80 Å². The van der Waals surface area contributed by atoms with Crippen molar-refractivity contribution < 1.29 is 4.79 Å². The fourth-order valence-corrected chi connectivity index (χ4v) is 3.92. The molecule has 0 radical (unpaired) electrons. The van der Waals surface area contributed by atoms with E-state index in [2.05, 4.69) is 10.4 Å². The first kappa shape index (κ1) is 18.0. The van der Waals surface area contributed by atoms with Gasteiger partial charge in [-0.2, -0.15) is 5.10 Å². The van der Waals surface area contributed by atoms with Crippen molar-refractivity contribution in [3.8, 4) is 0 Å². The van der Waals surface area contributed by atoms with E-state index in [1.165, 1.54) is 5.01 Å². The van der Waals surface area contributed by atoms with Crippen molar-refractivity contribution in [1.29, 1.82) is 0 Å². The summed E-state index contributed by atoms with van der Waals surface area (Å²) in [5.74, 6) is 0. The minimum atomic E-state index is -0.288. The van der Waals surface area contributed by atoms with Crippen molar-refractivity contribution >= 4 is 52.0 Å². The van der Waals surface area contributed by atoms with Gasteiger partial charge in [0.25, 0.3) is 0 Å². The molecule has 0 saturated carbocycles. The van der Waals surface area contributed by atoms with E-state index in [1.807, 2.05) is 41.8 Å². The predicted octanol–water partition coefficient (Wildman–Crippen LogP) is 6.44. The van der Waals surface area contributed by atoms with E-state index < -0.39 is 0 Å². The number of hydrazone groups is 1. The van der Waals surface area contributed by atoms with Crippen LogP contribution in [0.3, 0.4) is 0 Å². The molecule has 0 fully saturated rings. The van der Waals surface area contributed by atoms with E-state index >= 15 is 0 Å². The molecule has 7 heteroatoms. The zero-order valence-electron chi connectivity index (χ0n) is 14.1. The predicted molar refractivity (Wildman–Crippen MR) is 112 cm³/mol. The minimum Gasteiger partial charge on any atom is -0.306 e. The largest absolute Gasteiger partial charge is 0.342 e. The molecule has 1 aromatic heterocycles. The molecule has 0 bridgehead atoms. The summed E-state index contributed by atoms with van der Waals surface area (Å²) in [4.78, 5) is 14.0. The molecule has 2 heterocycles. The molecule has 4 rings (SSSR count). The summed E-state index contributed by atoms with van der Waals surface area (Å²) in [7, 11) is 0. The van der Waals surface area contributed by atoms with Crippen LogP contribution >= 0.6 is 34.5 Å². The number of halogens is 2. The summed E-state index contributed by atoms with van der Waals surface area (Å²) < 4.78 is 0. The normalized spacial score (nSPS) is 16.3. The average molecular weight is 416 g/mol. The lowest BCUT2D eigenvalue weighted by molar-refractivity contribution is 0.200. The van der Waals surface area contributed by atoms with Gasteiger partial charge in [0.2, 0.25) is 0 Å². The molecule has 1 aliphatic heterocycles. The first-order chi connectivity index (χ1) is 13.1. The maximum absolute atomic E-state index is 12.9. The lowest BCUT2D eigenvalue weighted by Gasteiger charge is -2.22. The molecular weight excluding hydrogens is 401 g/mol. The van der Waals surface area contributed by atoms with E-state index in [4.69, 9.17) is 23.2 Å². The van der Waals surface area contributed by atoms with E-state index in [9.17, 15) is 4.79 Å². The first-order valence-corrected chi connectivity index (χ1v) is 9.96. The maximum Gasteiger partial charge on any atom is 0.342 e. The molecule has 2 aromatic carbocycles. The number of hydrogen-bond acceptors (Lipinski definition) is 3. The number of urea groups is 1. The van der Waals surface area contributed by atoms with Crippen LogP contribution in [0.5, 0.6) is 0 Å². The number of amides is 2. The Labute approximate surface area is 171 Å². The number of benzene rings is 2. The Kier molecular flexibility index (Phi) is 5.16. The summed E-state index contributed by atoms with van der Waals surface area (Å²) in [5.41, 5.74) is 2.55. The Morgan fingerprint density at radius 3 is 2.33 bits per heavy atom. The maximum atomic E-state index is 12.9. The monoisotopic (exact) mass is 415 g/mol. The van der Waals surface area contributed by atoms with Crippen LogP contribution < -0.4 is 5.32 Å². The van der Waals surface area contributed by atoms with Crippen LogP contribution in [0.1, 0.15) is 22.9 Å². The third-order valence-electron chi connectivity index (χ3n) is 4.27. The lowest BCUT2D eigenvalue weighted by Crippen LogP contribution is -2.31. The molecule has 1 N–H and O–H groups in total. The topological polar surface area (TPSA) is 44.7 Å². The van der Waals surface area contributed by atoms with Gasteiger partial charge >= 0.3 is 6.03 Å². The summed E-state index contributed by atoms with van der Waals surface area (Å²) in [6, 6.07) is 18.0. The summed E-state index contributed by atoms with van der Waals surface area (Å²) in [5, 5.41) is 12.3. The van der Waals surface area contributed by atoms with Gasteiger partial charge in [0.05, 0.1) is 16.6 Å². The van der Waals surface area contributed by atoms with Crippen LogP contribution in [-0.4, -0.2) is 16.8 Å². The van der Waals surface area contributed by atoms with Gasteiger partial charge in [0.1, 0.15) is 0 Å². The molecule has 1 aliphatic rings. The molecule has 1 unspecified atom stereocenters. The van der Waals surface area contributed by atoms with Crippen molar-refractivity contribution in [2.24, 2.45) is 5.10 Å². The average Bonchev–Trinajstić information content (AvgIpc) is 3.33. The van der Waals surface area contributed by atoms with Crippen molar-refractivity contribution in [2.75, 3.05) is 5.32 Å². The SMILES string of the molecule is O=C(Nc1ccc(Cl)cc1)N1N=C(c2cccs2)CC1c1ccc(Cl)cc1. The summed E-state index contributed by atoms with van der Waals surface area (Å²) in [6.45, 7) is 0. The molecule has 136 valence electrons. The Hall–Kier alpha value is -2.34. The van der Waals surface area contributed by atoms with Crippen LogP contribution in [0, 0.1) is 0 Å². The molecule has 0 aliphatic carbocycles. The van der Waals surface area contributed by atoms with Crippen LogP contribution in [0.4, 0.5) is 10.5 Å². The highest BCUT2D eigenvalue weighted by Gasteiger charge is 2.33. The Bertz CT molecular complexity index is 969. The molecular formula is C20H15Cl2N3OS.